The van der Waals surface area contributed by atoms with Gasteiger partial charge in [-0.05, 0) is 49.2 Å². The molecule has 6 heteroatoms. The first kappa shape index (κ1) is 21.1. The summed E-state index contributed by atoms with van der Waals surface area (Å²) in [6.07, 6.45) is 0. The van der Waals surface area contributed by atoms with Crippen LogP contribution in [0.2, 0.25) is 0 Å². The molecule has 0 spiro atoms. The Bertz CT molecular complexity index is 902. The second kappa shape index (κ2) is 8.67. The van der Waals surface area contributed by atoms with Crippen LogP contribution in [0.4, 0.5) is 0 Å². The zero-order valence-electron chi connectivity index (χ0n) is 16.7. The van der Waals surface area contributed by atoms with E-state index in [1.54, 1.807) is 37.9 Å². The zero-order valence-corrected chi connectivity index (χ0v) is 17.5. The van der Waals surface area contributed by atoms with E-state index in [1.807, 2.05) is 26.0 Å². The number of carbonyl (C=O) groups is 1. The van der Waals surface area contributed by atoms with E-state index in [9.17, 15) is 13.2 Å². The largest absolute Gasteiger partial charge is 0.337 e. The highest BCUT2D eigenvalue weighted by Crippen LogP contribution is 2.18. The van der Waals surface area contributed by atoms with Crippen molar-refractivity contribution in [2.24, 2.45) is 0 Å². The number of carbonyl (C=O) groups excluding carboxylic acids is 1. The molecule has 0 radical (unpaired) electrons. The minimum absolute atomic E-state index is 0.137. The van der Waals surface area contributed by atoms with Gasteiger partial charge in [0.05, 0.1) is 4.90 Å². The fraction of sp³-hybridized carbons (Fsp3) is 0.381. The molecule has 0 fully saturated rings. The summed E-state index contributed by atoms with van der Waals surface area (Å²) in [5.74, 6) is -0.137. The monoisotopic (exact) mass is 388 g/mol. The third-order valence-corrected chi connectivity index (χ3v) is 6.76. The van der Waals surface area contributed by atoms with Crippen LogP contribution in [-0.2, 0) is 16.6 Å². The molecule has 2 aromatic carbocycles. The molecule has 0 unspecified atom stereocenters. The van der Waals surface area contributed by atoms with Crippen LogP contribution in [0.25, 0.3) is 0 Å². The van der Waals surface area contributed by atoms with E-state index >= 15 is 0 Å². The molecule has 0 saturated carbocycles. The van der Waals surface area contributed by atoms with Gasteiger partial charge in [0.25, 0.3) is 5.91 Å². The smallest absolute Gasteiger partial charge is 0.253 e. The average Bonchev–Trinajstić information content (AvgIpc) is 2.64. The molecule has 0 aromatic heterocycles. The van der Waals surface area contributed by atoms with Crippen molar-refractivity contribution in [2.75, 3.05) is 20.1 Å². The number of rotatable bonds is 7. The molecule has 146 valence electrons. The molecular formula is C21H28N2O3S. The van der Waals surface area contributed by atoms with E-state index in [0.29, 0.717) is 25.2 Å². The number of amides is 1. The van der Waals surface area contributed by atoms with Crippen molar-refractivity contribution in [3.63, 3.8) is 0 Å². The maximum atomic E-state index is 12.7. The van der Waals surface area contributed by atoms with E-state index in [1.165, 1.54) is 22.0 Å². The summed E-state index contributed by atoms with van der Waals surface area (Å²) in [6, 6.07) is 12.3. The van der Waals surface area contributed by atoms with Gasteiger partial charge in [0.2, 0.25) is 10.0 Å². The summed E-state index contributed by atoms with van der Waals surface area (Å²) in [4.78, 5) is 14.6. The van der Waals surface area contributed by atoms with E-state index in [4.69, 9.17) is 0 Å². The first-order chi connectivity index (χ1) is 12.7. The fourth-order valence-corrected chi connectivity index (χ4v) is 4.51. The van der Waals surface area contributed by atoms with Gasteiger partial charge in [0, 0.05) is 32.2 Å². The number of hydrogen-bond acceptors (Lipinski definition) is 3. The minimum Gasteiger partial charge on any atom is -0.337 e. The average molecular weight is 389 g/mol. The van der Waals surface area contributed by atoms with Gasteiger partial charge < -0.3 is 4.90 Å². The number of nitrogens with zero attached hydrogens (tertiary/aromatic N) is 2. The molecule has 5 nitrogen and oxygen atoms in total. The lowest BCUT2D eigenvalue weighted by molar-refractivity contribution is 0.0785. The third kappa shape index (κ3) is 4.76. The Labute approximate surface area is 162 Å². The Balaban J connectivity index is 2.17. The summed E-state index contributed by atoms with van der Waals surface area (Å²) in [5, 5.41) is 0. The van der Waals surface area contributed by atoms with E-state index < -0.39 is 10.0 Å². The lowest BCUT2D eigenvalue weighted by Crippen LogP contribution is -2.30. The van der Waals surface area contributed by atoms with Gasteiger partial charge in [0.1, 0.15) is 0 Å². The van der Waals surface area contributed by atoms with Crippen molar-refractivity contribution in [1.82, 2.24) is 9.21 Å². The molecule has 2 aromatic rings. The molecule has 27 heavy (non-hydrogen) atoms. The predicted octanol–water partition coefficient (Wildman–Crippen LogP) is 3.61. The summed E-state index contributed by atoms with van der Waals surface area (Å²) in [7, 11) is -1.76. The molecule has 0 atom stereocenters. The Morgan fingerprint density at radius 1 is 0.963 bits per heavy atom. The first-order valence-corrected chi connectivity index (χ1v) is 10.6. The SMILES string of the molecule is CCN(CC)S(=O)(=O)c1ccc(C(=O)N(C)Cc2ccc(C)cc2C)cc1. The maximum Gasteiger partial charge on any atom is 0.253 e. The molecule has 1 amide bonds. The molecule has 0 aliphatic rings. The van der Waals surface area contributed by atoms with E-state index in [-0.39, 0.29) is 10.8 Å². The van der Waals surface area contributed by atoms with Gasteiger partial charge in [0.15, 0.2) is 0 Å². The van der Waals surface area contributed by atoms with Crippen molar-refractivity contribution in [3.05, 3.63) is 64.7 Å². The van der Waals surface area contributed by atoms with Crippen LogP contribution in [0.1, 0.15) is 40.9 Å². The number of hydrogen-bond donors (Lipinski definition) is 0. The summed E-state index contributed by atoms with van der Waals surface area (Å²) < 4.78 is 26.5. The second-order valence-electron chi connectivity index (χ2n) is 6.70. The van der Waals surface area contributed by atoms with Crippen LogP contribution in [0.5, 0.6) is 0 Å². The Kier molecular flexibility index (Phi) is 6.78. The molecule has 2 rings (SSSR count). The number of benzene rings is 2. The Morgan fingerprint density at radius 2 is 1.56 bits per heavy atom. The predicted molar refractivity (Wildman–Crippen MR) is 108 cm³/mol. The van der Waals surface area contributed by atoms with Crippen molar-refractivity contribution in [1.29, 1.82) is 0 Å². The van der Waals surface area contributed by atoms with E-state index in [0.717, 1.165) is 11.1 Å². The lowest BCUT2D eigenvalue weighted by atomic mass is 10.1. The number of aryl methyl sites for hydroxylation is 2. The Morgan fingerprint density at radius 3 is 2.07 bits per heavy atom. The summed E-state index contributed by atoms with van der Waals surface area (Å²) in [6.45, 7) is 9.02. The second-order valence-corrected chi connectivity index (χ2v) is 8.64. The zero-order chi connectivity index (χ0) is 20.2. The van der Waals surface area contributed by atoms with Gasteiger partial charge in [-0.25, -0.2) is 8.42 Å². The van der Waals surface area contributed by atoms with Crippen molar-refractivity contribution >= 4 is 15.9 Å². The molecule has 0 N–H and O–H groups in total. The lowest BCUT2D eigenvalue weighted by Gasteiger charge is -2.20. The van der Waals surface area contributed by atoms with Gasteiger partial charge >= 0.3 is 0 Å². The summed E-state index contributed by atoms with van der Waals surface area (Å²) >= 11 is 0. The number of sulfonamides is 1. The highest BCUT2D eigenvalue weighted by Gasteiger charge is 2.22. The van der Waals surface area contributed by atoms with E-state index in [2.05, 4.69) is 6.07 Å². The molecule has 0 aliphatic carbocycles. The molecule has 0 heterocycles. The standard InChI is InChI=1S/C21H28N2O3S/c1-6-23(7-2)27(25,26)20-12-10-18(11-13-20)21(24)22(5)15-19-9-8-16(3)14-17(19)4/h8-14H,6-7,15H2,1-5H3. The van der Waals surface area contributed by atoms with Crippen LogP contribution in [0.3, 0.4) is 0 Å². The summed E-state index contributed by atoms with van der Waals surface area (Å²) in [5.41, 5.74) is 3.91. The fourth-order valence-electron chi connectivity index (χ4n) is 3.05. The maximum absolute atomic E-state index is 12.7. The van der Waals surface area contributed by atoms with Crippen LogP contribution >= 0.6 is 0 Å². The topological polar surface area (TPSA) is 57.7 Å². The van der Waals surface area contributed by atoms with Crippen LogP contribution < -0.4 is 0 Å². The highest BCUT2D eigenvalue weighted by molar-refractivity contribution is 7.89. The van der Waals surface area contributed by atoms with Gasteiger partial charge in [-0.1, -0.05) is 37.6 Å². The molecule has 0 aliphatic heterocycles. The van der Waals surface area contributed by atoms with Gasteiger partial charge in [-0.15, -0.1) is 0 Å². The van der Waals surface area contributed by atoms with Gasteiger partial charge in [-0.3, -0.25) is 4.79 Å². The van der Waals surface area contributed by atoms with Crippen LogP contribution in [0.15, 0.2) is 47.4 Å². The van der Waals surface area contributed by atoms with Crippen molar-refractivity contribution in [2.45, 2.75) is 39.1 Å². The van der Waals surface area contributed by atoms with Gasteiger partial charge in [-0.2, -0.15) is 4.31 Å². The third-order valence-electron chi connectivity index (χ3n) is 4.70. The van der Waals surface area contributed by atoms with Crippen LogP contribution in [-0.4, -0.2) is 43.7 Å². The minimum atomic E-state index is -3.51. The molecular weight excluding hydrogens is 360 g/mol. The normalized spacial score (nSPS) is 11.6. The molecule has 0 bridgehead atoms. The van der Waals surface area contributed by atoms with Crippen molar-refractivity contribution < 1.29 is 13.2 Å². The van der Waals surface area contributed by atoms with Crippen LogP contribution in [0, 0.1) is 13.8 Å². The quantitative estimate of drug-likeness (QED) is 0.728. The first-order valence-electron chi connectivity index (χ1n) is 9.12. The highest BCUT2D eigenvalue weighted by atomic mass is 32.2. The molecule has 0 saturated heterocycles. The van der Waals surface area contributed by atoms with Crippen molar-refractivity contribution in [3.8, 4) is 0 Å². The Hall–Kier alpha value is -2.18.